The third-order valence-corrected chi connectivity index (χ3v) is 4.92. The SMILES string of the molecule is O=C(CCC1CCNCC1)NCC(O)COc1cccc(Cl)c1Cl. The smallest absolute Gasteiger partial charge is 0.220 e. The number of aliphatic hydroxyl groups is 1. The van der Waals surface area contributed by atoms with E-state index in [-0.39, 0.29) is 19.1 Å². The molecule has 7 heteroatoms. The van der Waals surface area contributed by atoms with Crippen molar-refractivity contribution in [1.29, 1.82) is 0 Å². The summed E-state index contributed by atoms with van der Waals surface area (Å²) in [5, 5.41) is 16.7. The number of hydrogen-bond donors (Lipinski definition) is 3. The number of ether oxygens (including phenoxy) is 1. The second kappa shape index (κ2) is 10.1. The monoisotopic (exact) mass is 374 g/mol. The molecule has 1 aliphatic heterocycles. The van der Waals surface area contributed by atoms with Crippen molar-refractivity contribution in [2.45, 2.75) is 31.8 Å². The molecular weight excluding hydrogens is 351 g/mol. The standard InChI is InChI=1S/C17H24Cl2N2O3/c18-14-2-1-3-15(17(14)19)24-11-13(22)10-21-16(23)5-4-12-6-8-20-9-7-12/h1-3,12-13,20,22H,4-11H2,(H,21,23). The Bertz CT molecular complexity index is 537. The second-order valence-electron chi connectivity index (χ2n) is 6.05. The fourth-order valence-electron chi connectivity index (χ4n) is 2.67. The maximum absolute atomic E-state index is 11.8. The highest BCUT2D eigenvalue weighted by atomic mass is 35.5. The van der Waals surface area contributed by atoms with Gasteiger partial charge in [0.2, 0.25) is 5.91 Å². The average molecular weight is 375 g/mol. The van der Waals surface area contributed by atoms with Crippen LogP contribution in [0.15, 0.2) is 18.2 Å². The Balaban J connectivity index is 1.62. The third-order valence-electron chi connectivity index (χ3n) is 4.12. The molecule has 134 valence electrons. The van der Waals surface area contributed by atoms with Crippen molar-refractivity contribution in [3.63, 3.8) is 0 Å². The number of carbonyl (C=O) groups is 1. The Kier molecular flexibility index (Phi) is 8.12. The fourth-order valence-corrected chi connectivity index (χ4v) is 3.01. The first-order valence-electron chi connectivity index (χ1n) is 8.28. The summed E-state index contributed by atoms with van der Waals surface area (Å²) in [6, 6.07) is 5.06. The number of piperidine rings is 1. The molecule has 1 aromatic rings. The molecule has 0 spiro atoms. The summed E-state index contributed by atoms with van der Waals surface area (Å²) in [5.74, 6) is 1.00. The largest absolute Gasteiger partial charge is 0.489 e. The fraction of sp³-hybridized carbons (Fsp3) is 0.588. The Morgan fingerprint density at radius 3 is 2.88 bits per heavy atom. The minimum Gasteiger partial charge on any atom is -0.489 e. The van der Waals surface area contributed by atoms with Gasteiger partial charge in [0.1, 0.15) is 23.5 Å². The summed E-state index contributed by atoms with van der Waals surface area (Å²) in [4.78, 5) is 11.8. The molecule has 1 unspecified atom stereocenters. The molecule has 5 nitrogen and oxygen atoms in total. The van der Waals surface area contributed by atoms with Crippen molar-refractivity contribution in [2.75, 3.05) is 26.2 Å². The van der Waals surface area contributed by atoms with Crippen LogP contribution < -0.4 is 15.4 Å². The maximum atomic E-state index is 11.8. The second-order valence-corrected chi connectivity index (χ2v) is 6.84. The molecule has 0 aromatic heterocycles. The minimum atomic E-state index is -0.803. The van der Waals surface area contributed by atoms with Crippen LogP contribution in [0.3, 0.4) is 0 Å². The van der Waals surface area contributed by atoms with Crippen LogP contribution in [0.1, 0.15) is 25.7 Å². The summed E-state index contributed by atoms with van der Waals surface area (Å²) in [6.45, 7) is 2.26. The van der Waals surface area contributed by atoms with Gasteiger partial charge >= 0.3 is 0 Å². The summed E-state index contributed by atoms with van der Waals surface area (Å²) in [6.07, 6.45) is 2.85. The van der Waals surface area contributed by atoms with Crippen molar-refractivity contribution >= 4 is 29.1 Å². The third kappa shape index (κ3) is 6.48. The van der Waals surface area contributed by atoms with E-state index in [0.29, 0.717) is 28.1 Å². The molecule has 1 fully saturated rings. The van der Waals surface area contributed by atoms with E-state index in [1.165, 1.54) is 0 Å². The van der Waals surface area contributed by atoms with Gasteiger partial charge in [-0.3, -0.25) is 4.79 Å². The van der Waals surface area contributed by atoms with E-state index in [1.54, 1.807) is 18.2 Å². The normalized spacial score (nSPS) is 16.6. The first-order chi connectivity index (χ1) is 11.6. The van der Waals surface area contributed by atoms with Gasteiger partial charge in [-0.25, -0.2) is 0 Å². The lowest BCUT2D eigenvalue weighted by molar-refractivity contribution is -0.122. The molecule has 0 aliphatic carbocycles. The number of aliphatic hydroxyl groups excluding tert-OH is 1. The van der Waals surface area contributed by atoms with Crippen molar-refractivity contribution in [2.24, 2.45) is 5.92 Å². The Hall–Kier alpha value is -1.01. The van der Waals surface area contributed by atoms with E-state index in [2.05, 4.69) is 10.6 Å². The number of halogens is 2. The number of benzene rings is 1. The van der Waals surface area contributed by atoms with Crippen LogP contribution >= 0.6 is 23.2 Å². The van der Waals surface area contributed by atoms with Crippen LogP contribution in [0.25, 0.3) is 0 Å². The first-order valence-corrected chi connectivity index (χ1v) is 9.04. The number of rotatable bonds is 8. The molecule has 0 saturated carbocycles. The molecule has 1 aromatic carbocycles. The molecule has 1 aliphatic rings. The van der Waals surface area contributed by atoms with E-state index in [9.17, 15) is 9.90 Å². The van der Waals surface area contributed by atoms with Crippen LogP contribution in [-0.4, -0.2) is 43.4 Å². The van der Waals surface area contributed by atoms with Gasteiger partial charge in [0, 0.05) is 13.0 Å². The van der Waals surface area contributed by atoms with Crippen LogP contribution in [0.5, 0.6) is 5.75 Å². The summed E-state index contributed by atoms with van der Waals surface area (Å²) in [7, 11) is 0. The quantitative estimate of drug-likeness (QED) is 0.653. The lowest BCUT2D eigenvalue weighted by atomic mass is 9.93. The van der Waals surface area contributed by atoms with Crippen LogP contribution in [0.2, 0.25) is 10.0 Å². The van der Waals surface area contributed by atoms with E-state index in [1.807, 2.05) is 0 Å². The lowest BCUT2D eigenvalue weighted by Gasteiger charge is -2.22. The molecule has 24 heavy (non-hydrogen) atoms. The first kappa shape index (κ1) is 19.3. The topological polar surface area (TPSA) is 70.6 Å². The van der Waals surface area contributed by atoms with Gasteiger partial charge in [-0.05, 0) is 50.4 Å². The summed E-state index contributed by atoms with van der Waals surface area (Å²) < 4.78 is 5.44. The van der Waals surface area contributed by atoms with Crippen LogP contribution in [0, 0.1) is 5.92 Å². The average Bonchev–Trinajstić information content (AvgIpc) is 2.60. The predicted molar refractivity (Wildman–Crippen MR) is 95.8 cm³/mol. The van der Waals surface area contributed by atoms with Crippen molar-refractivity contribution in [1.82, 2.24) is 10.6 Å². The van der Waals surface area contributed by atoms with Crippen molar-refractivity contribution < 1.29 is 14.6 Å². The van der Waals surface area contributed by atoms with Gasteiger partial charge < -0.3 is 20.5 Å². The Labute approximate surface area is 152 Å². The molecule has 3 N–H and O–H groups in total. The van der Waals surface area contributed by atoms with E-state index >= 15 is 0 Å². The minimum absolute atomic E-state index is 0.0339. The Morgan fingerprint density at radius 2 is 2.12 bits per heavy atom. The lowest BCUT2D eigenvalue weighted by Crippen LogP contribution is -2.35. The zero-order chi connectivity index (χ0) is 17.4. The van der Waals surface area contributed by atoms with E-state index < -0.39 is 6.10 Å². The Morgan fingerprint density at radius 1 is 1.38 bits per heavy atom. The molecule has 0 bridgehead atoms. The van der Waals surface area contributed by atoms with Gasteiger partial charge in [0.15, 0.2) is 0 Å². The number of amides is 1. The summed E-state index contributed by atoms with van der Waals surface area (Å²) >= 11 is 11.9. The van der Waals surface area contributed by atoms with Gasteiger partial charge in [-0.2, -0.15) is 0 Å². The highest BCUT2D eigenvalue weighted by Gasteiger charge is 2.15. The molecule has 0 radical (unpaired) electrons. The van der Waals surface area contributed by atoms with Crippen LogP contribution in [-0.2, 0) is 4.79 Å². The summed E-state index contributed by atoms with van der Waals surface area (Å²) in [5.41, 5.74) is 0. The van der Waals surface area contributed by atoms with Gasteiger partial charge in [0.05, 0.1) is 5.02 Å². The molecular formula is C17H24Cl2N2O3. The maximum Gasteiger partial charge on any atom is 0.220 e. The zero-order valence-electron chi connectivity index (χ0n) is 13.6. The number of hydrogen-bond acceptors (Lipinski definition) is 4. The number of nitrogens with one attached hydrogen (secondary N) is 2. The molecule has 1 atom stereocenters. The number of carbonyl (C=O) groups excluding carboxylic acids is 1. The van der Waals surface area contributed by atoms with Crippen molar-refractivity contribution in [3.8, 4) is 5.75 Å². The van der Waals surface area contributed by atoms with E-state index in [0.717, 1.165) is 32.4 Å². The molecule has 1 heterocycles. The highest BCUT2D eigenvalue weighted by molar-refractivity contribution is 6.42. The molecule has 1 amide bonds. The zero-order valence-corrected chi connectivity index (χ0v) is 15.1. The molecule has 1 saturated heterocycles. The van der Waals surface area contributed by atoms with Gasteiger partial charge in [-0.1, -0.05) is 29.3 Å². The van der Waals surface area contributed by atoms with Crippen molar-refractivity contribution in [3.05, 3.63) is 28.2 Å². The molecule has 2 rings (SSSR count). The predicted octanol–water partition coefficient (Wildman–Crippen LogP) is 2.63. The van der Waals surface area contributed by atoms with Crippen LogP contribution in [0.4, 0.5) is 0 Å². The van der Waals surface area contributed by atoms with Gasteiger partial charge in [0.25, 0.3) is 0 Å². The van der Waals surface area contributed by atoms with Gasteiger partial charge in [-0.15, -0.1) is 0 Å². The highest BCUT2D eigenvalue weighted by Crippen LogP contribution is 2.31. The van der Waals surface area contributed by atoms with E-state index in [4.69, 9.17) is 27.9 Å².